The Labute approximate surface area is 135 Å². The minimum Gasteiger partial charge on any atom is -0.466 e. The highest BCUT2D eigenvalue weighted by molar-refractivity contribution is 5.92. The van der Waals surface area contributed by atoms with Gasteiger partial charge in [0, 0.05) is 11.3 Å². The van der Waals surface area contributed by atoms with Gasteiger partial charge < -0.3 is 14.8 Å². The van der Waals surface area contributed by atoms with Crippen molar-refractivity contribution in [3.05, 3.63) is 47.4 Å². The maximum atomic E-state index is 12.7. The minimum atomic E-state index is -2.99. The van der Waals surface area contributed by atoms with Crippen LogP contribution in [0.15, 0.2) is 41.9 Å². The van der Waals surface area contributed by atoms with Crippen molar-refractivity contribution in [3.8, 4) is 5.75 Å². The number of hydrogen-bond donors (Lipinski definition) is 1. The number of carbonyl (C=O) groups excluding carboxylic acids is 1. The number of esters is 1. The summed E-state index contributed by atoms with van der Waals surface area (Å²) >= 11 is 0. The normalized spacial score (nSPS) is 16.6. The number of aromatic nitrogens is 3. The number of ether oxygens (including phenoxy) is 2. The molecule has 1 N–H and O–H groups in total. The standard InChI is InChI=1S/C15H14F2N4O3/c1-8-11(13(22)23-2)12(21-15(20-8)18-7-19-21)9-5-3-4-6-10(9)24-14(16)17/h3-7,12,14H,1-2H3,(H,18,19,20)/t12-/m0/s1. The van der Waals surface area contributed by atoms with Crippen LogP contribution >= 0.6 is 0 Å². The summed E-state index contributed by atoms with van der Waals surface area (Å²) in [5.74, 6) is -0.259. The minimum absolute atomic E-state index is 0.0462. The number of hydrogen-bond acceptors (Lipinski definition) is 6. The van der Waals surface area contributed by atoms with Crippen LogP contribution in [0.5, 0.6) is 5.75 Å². The molecule has 1 atom stereocenters. The van der Waals surface area contributed by atoms with Gasteiger partial charge >= 0.3 is 12.6 Å². The molecule has 7 nitrogen and oxygen atoms in total. The topological polar surface area (TPSA) is 78.3 Å². The molecule has 24 heavy (non-hydrogen) atoms. The van der Waals surface area contributed by atoms with Crippen LogP contribution in [-0.2, 0) is 9.53 Å². The van der Waals surface area contributed by atoms with Crippen LogP contribution in [0.25, 0.3) is 0 Å². The molecule has 3 rings (SSSR count). The van der Waals surface area contributed by atoms with Crippen molar-refractivity contribution in [1.29, 1.82) is 0 Å². The Morgan fingerprint density at radius 2 is 2.12 bits per heavy atom. The second-order valence-electron chi connectivity index (χ2n) is 5.00. The summed E-state index contributed by atoms with van der Waals surface area (Å²) < 4.78 is 36.3. The summed E-state index contributed by atoms with van der Waals surface area (Å²) in [5.41, 5.74) is 1.09. The number of alkyl halides is 2. The molecule has 0 aliphatic carbocycles. The molecule has 0 fully saturated rings. The highest BCUT2D eigenvalue weighted by Gasteiger charge is 2.35. The van der Waals surface area contributed by atoms with Crippen LogP contribution < -0.4 is 10.1 Å². The van der Waals surface area contributed by atoms with Crippen LogP contribution in [0.1, 0.15) is 18.5 Å². The van der Waals surface area contributed by atoms with Crippen molar-refractivity contribution in [2.75, 3.05) is 12.4 Å². The lowest BCUT2D eigenvalue weighted by Gasteiger charge is -2.28. The Morgan fingerprint density at radius 3 is 2.83 bits per heavy atom. The van der Waals surface area contributed by atoms with E-state index in [1.54, 1.807) is 25.1 Å². The first kappa shape index (κ1) is 15.9. The van der Waals surface area contributed by atoms with Crippen molar-refractivity contribution in [2.24, 2.45) is 0 Å². The third kappa shape index (κ3) is 2.68. The molecule has 0 bridgehead atoms. The first-order chi connectivity index (χ1) is 11.5. The molecule has 1 aromatic carbocycles. The van der Waals surface area contributed by atoms with Gasteiger partial charge in [0.1, 0.15) is 18.1 Å². The number of halogens is 2. The van der Waals surface area contributed by atoms with Crippen molar-refractivity contribution in [2.45, 2.75) is 19.6 Å². The molecule has 0 radical (unpaired) electrons. The van der Waals surface area contributed by atoms with Gasteiger partial charge in [-0.3, -0.25) is 0 Å². The second-order valence-corrected chi connectivity index (χ2v) is 5.00. The zero-order valence-electron chi connectivity index (χ0n) is 12.9. The van der Waals surface area contributed by atoms with Crippen molar-refractivity contribution < 1.29 is 23.0 Å². The van der Waals surface area contributed by atoms with Crippen molar-refractivity contribution in [1.82, 2.24) is 14.8 Å². The summed E-state index contributed by atoms with van der Waals surface area (Å²) in [5, 5.41) is 7.04. The Kier molecular flexibility index (Phi) is 4.15. The predicted octanol–water partition coefficient (Wildman–Crippen LogP) is 2.34. The quantitative estimate of drug-likeness (QED) is 0.864. The number of nitrogens with one attached hydrogen (secondary N) is 1. The van der Waals surface area contributed by atoms with E-state index in [4.69, 9.17) is 4.74 Å². The average molecular weight is 336 g/mol. The maximum absolute atomic E-state index is 12.7. The van der Waals surface area contributed by atoms with Crippen LogP contribution in [0.3, 0.4) is 0 Å². The summed E-state index contributed by atoms with van der Waals surface area (Å²) in [6, 6.07) is 5.43. The van der Waals surface area contributed by atoms with Gasteiger partial charge in [0.25, 0.3) is 0 Å². The fraction of sp³-hybridized carbons (Fsp3) is 0.267. The number of allylic oxidation sites excluding steroid dienone is 1. The van der Waals surface area contributed by atoms with E-state index in [1.165, 1.54) is 24.2 Å². The third-order valence-electron chi connectivity index (χ3n) is 3.63. The van der Waals surface area contributed by atoms with E-state index in [0.29, 0.717) is 17.2 Å². The highest BCUT2D eigenvalue weighted by Crippen LogP contribution is 2.39. The van der Waals surface area contributed by atoms with Crippen molar-refractivity contribution >= 4 is 11.9 Å². The molecule has 126 valence electrons. The van der Waals surface area contributed by atoms with E-state index in [1.807, 2.05) is 0 Å². The highest BCUT2D eigenvalue weighted by atomic mass is 19.3. The lowest BCUT2D eigenvalue weighted by Crippen LogP contribution is -2.29. The van der Waals surface area contributed by atoms with Crippen LogP contribution in [0.2, 0.25) is 0 Å². The number of anilines is 1. The Bertz CT molecular complexity index is 804. The molecule has 0 saturated carbocycles. The molecule has 0 spiro atoms. The number of fused-ring (bicyclic) bond motifs is 1. The second kappa shape index (κ2) is 6.26. The van der Waals surface area contributed by atoms with E-state index in [-0.39, 0.29) is 11.3 Å². The number of rotatable bonds is 4. The maximum Gasteiger partial charge on any atom is 0.387 e. The zero-order chi connectivity index (χ0) is 17.3. The lowest BCUT2D eigenvalue weighted by molar-refractivity contribution is -0.136. The number of carbonyl (C=O) groups is 1. The SMILES string of the molecule is COC(=O)C1=C(C)Nc2ncnn2[C@H]1c1ccccc1OC(F)F. The third-order valence-corrected chi connectivity index (χ3v) is 3.63. The predicted molar refractivity (Wildman–Crippen MR) is 79.6 cm³/mol. The van der Waals surface area contributed by atoms with Gasteiger partial charge in [0.05, 0.1) is 12.7 Å². The summed E-state index contributed by atoms with van der Waals surface area (Å²) in [4.78, 5) is 16.3. The van der Waals surface area contributed by atoms with Crippen LogP contribution in [0, 0.1) is 0 Å². The van der Waals surface area contributed by atoms with Gasteiger partial charge in [0.15, 0.2) is 0 Å². The molecule has 0 saturated heterocycles. The Morgan fingerprint density at radius 1 is 1.38 bits per heavy atom. The molecule has 1 aliphatic rings. The number of nitrogens with zero attached hydrogens (tertiary/aromatic N) is 3. The molecular formula is C15H14F2N4O3. The van der Waals surface area contributed by atoms with Crippen molar-refractivity contribution in [3.63, 3.8) is 0 Å². The molecule has 9 heteroatoms. The van der Waals surface area contributed by atoms with Crippen LogP contribution in [0.4, 0.5) is 14.7 Å². The molecule has 1 aliphatic heterocycles. The summed E-state index contributed by atoms with van der Waals surface area (Å²) in [6.45, 7) is -1.32. The van der Waals surface area contributed by atoms with E-state index >= 15 is 0 Å². The van der Waals surface area contributed by atoms with E-state index in [0.717, 1.165) is 0 Å². The Hall–Kier alpha value is -2.97. The van der Waals surface area contributed by atoms with E-state index in [2.05, 4.69) is 20.1 Å². The van der Waals surface area contributed by atoms with E-state index in [9.17, 15) is 13.6 Å². The van der Waals surface area contributed by atoms with Gasteiger partial charge in [-0.2, -0.15) is 18.9 Å². The summed E-state index contributed by atoms with van der Waals surface area (Å²) in [6.07, 6.45) is 1.30. The van der Waals surface area contributed by atoms with Crippen LogP contribution in [-0.4, -0.2) is 34.5 Å². The number of benzene rings is 1. The van der Waals surface area contributed by atoms with Gasteiger partial charge in [-0.05, 0) is 13.0 Å². The number of para-hydroxylation sites is 1. The molecule has 0 amide bonds. The first-order valence-corrected chi connectivity index (χ1v) is 7.02. The van der Waals surface area contributed by atoms with E-state index < -0.39 is 18.6 Å². The molecule has 2 aromatic rings. The molecule has 1 aromatic heterocycles. The zero-order valence-corrected chi connectivity index (χ0v) is 12.9. The molecule has 2 heterocycles. The smallest absolute Gasteiger partial charge is 0.387 e. The molecular weight excluding hydrogens is 322 g/mol. The fourth-order valence-electron chi connectivity index (χ4n) is 2.66. The van der Waals surface area contributed by atoms with Gasteiger partial charge in [-0.15, -0.1) is 0 Å². The van der Waals surface area contributed by atoms with Gasteiger partial charge in [-0.25, -0.2) is 9.48 Å². The number of methoxy groups -OCH3 is 1. The van der Waals surface area contributed by atoms with Gasteiger partial charge in [0.2, 0.25) is 5.95 Å². The monoisotopic (exact) mass is 336 g/mol. The fourth-order valence-corrected chi connectivity index (χ4v) is 2.66. The molecule has 0 unspecified atom stereocenters. The lowest BCUT2D eigenvalue weighted by atomic mass is 9.95. The summed E-state index contributed by atoms with van der Waals surface area (Å²) in [7, 11) is 1.25. The largest absolute Gasteiger partial charge is 0.466 e. The Balaban J connectivity index is 2.19. The first-order valence-electron chi connectivity index (χ1n) is 7.02. The van der Waals surface area contributed by atoms with Gasteiger partial charge in [-0.1, -0.05) is 18.2 Å². The average Bonchev–Trinajstić information content (AvgIpc) is 3.01.